The Labute approximate surface area is 243 Å². The van der Waals surface area contributed by atoms with Gasteiger partial charge in [-0.3, -0.25) is 0 Å². The van der Waals surface area contributed by atoms with Crippen LogP contribution in [0.3, 0.4) is 0 Å². The lowest BCUT2D eigenvalue weighted by Gasteiger charge is -2.28. The second-order valence-electron chi connectivity index (χ2n) is 15.4. The van der Waals surface area contributed by atoms with Gasteiger partial charge in [-0.1, -0.05) is 83.1 Å². The van der Waals surface area contributed by atoms with Crippen molar-refractivity contribution in [1.82, 2.24) is 0 Å². The van der Waals surface area contributed by atoms with Gasteiger partial charge in [-0.05, 0) is 104 Å². The van der Waals surface area contributed by atoms with E-state index in [1.165, 1.54) is 0 Å². The Bertz CT molecular complexity index is 1150. The number of rotatable bonds is 6. The van der Waals surface area contributed by atoms with Crippen molar-refractivity contribution in [3.8, 4) is 11.5 Å². The van der Waals surface area contributed by atoms with Crippen molar-refractivity contribution >= 4 is 11.4 Å². The normalized spacial score (nSPS) is 12.9. The van der Waals surface area contributed by atoms with Crippen molar-refractivity contribution in [1.29, 1.82) is 0 Å². The molecule has 3 aromatic carbocycles. The molecule has 0 bridgehead atoms. The molecule has 0 heterocycles. The lowest BCUT2D eigenvalue weighted by atomic mass is 9.78. The zero-order valence-corrected chi connectivity index (χ0v) is 26.9. The van der Waals surface area contributed by atoms with E-state index in [9.17, 15) is 10.2 Å². The van der Waals surface area contributed by atoms with Gasteiger partial charge in [0.2, 0.25) is 0 Å². The van der Waals surface area contributed by atoms with E-state index in [0.717, 1.165) is 44.8 Å². The third-order valence-electron chi connectivity index (χ3n) is 7.45. The Kier molecular flexibility index (Phi) is 8.65. The van der Waals surface area contributed by atoms with Gasteiger partial charge in [-0.2, -0.15) is 0 Å². The van der Waals surface area contributed by atoms with E-state index < -0.39 is 0 Å². The van der Waals surface area contributed by atoms with Crippen LogP contribution < -0.4 is 10.6 Å². The number of phenolic OH excluding ortho intramolecular Hbond substituents is 2. The molecule has 0 amide bonds. The molecule has 40 heavy (non-hydrogen) atoms. The summed E-state index contributed by atoms with van der Waals surface area (Å²) in [6.07, 6.45) is 0. The molecule has 0 saturated heterocycles. The monoisotopic (exact) mass is 544 g/mol. The van der Waals surface area contributed by atoms with E-state index in [1.54, 1.807) is 0 Å². The van der Waals surface area contributed by atoms with E-state index in [4.69, 9.17) is 0 Å². The highest BCUT2D eigenvalue weighted by molar-refractivity contribution is 5.56. The summed E-state index contributed by atoms with van der Waals surface area (Å²) in [6.45, 7) is 27.1. The van der Waals surface area contributed by atoms with Gasteiger partial charge in [0.1, 0.15) is 11.5 Å². The van der Waals surface area contributed by atoms with Crippen LogP contribution in [0, 0.1) is 0 Å². The smallest absolute Gasteiger partial charge is 0.123 e. The van der Waals surface area contributed by atoms with E-state index in [1.807, 2.05) is 0 Å². The fourth-order valence-electron chi connectivity index (χ4n) is 4.99. The van der Waals surface area contributed by atoms with Crippen LogP contribution in [0.5, 0.6) is 11.5 Å². The Morgan fingerprint density at radius 3 is 0.875 bits per heavy atom. The Hall–Kier alpha value is -3.14. The predicted molar refractivity (Wildman–Crippen MR) is 172 cm³/mol. The summed E-state index contributed by atoms with van der Waals surface area (Å²) in [7, 11) is 0. The summed E-state index contributed by atoms with van der Waals surface area (Å²) in [5, 5.41) is 29.1. The molecule has 3 rings (SSSR count). The van der Waals surface area contributed by atoms with Crippen LogP contribution in [0.1, 0.15) is 116 Å². The third kappa shape index (κ3) is 7.53. The fourth-order valence-corrected chi connectivity index (χ4v) is 4.99. The Morgan fingerprint density at radius 1 is 0.450 bits per heavy atom. The first-order valence-corrected chi connectivity index (χ1v) is 14.5. The van der Waals surface area contributed by atoms with E-state index in [-0.39, 0.29) is 21.7 Å². The molecule has 0 spiro atoms. The second-order valence-corrected chi connectivity index (χ2v) is 15.4. The van der Waals surface area contributed by atoms with E-state index >= 15 is 0 Å². The van der Waals surface area contributed by atoms with Gasteiger partial charge in [-0.15, -0.1) is 0 Å². The molecular formula is C36H52N2O2. The maximum atomic E-state index is 11.0. The number of benzene rings is 3. The molecule has 0 aromatic heterocycles. The van der Waals surface area contributed by atoms with E-state index in [0.29, 0.717) is 24.6 Å². The molecule has 0 unspecified atom stereocenters. The molecule has 0 radical (unpaired) electrons. The second kappa shape index (κ2) is 11.0. The van der Waals surface area contributed by atoms with Crippen LogP contribution in [-0.2, 0) is 34.7 Å². The number of hydrogen-bond donors (Lipinski definition) is 4. The quantitative estimate of drug-likeness (QED) is 0.249. The lowest BCUT2D eigenvalue weighted by Crippen LogP contribution is -2.18. The molecule has 3 aromatic rings. The van der Waals surface area contributed by atoms with Crippen LogP contribution >= 0.6 is 0 Å². The zero-order chi connectivity index (χ0) is 30.3. The van der Waals surface area contributed by atoms with Gasteiger partial charge in [0.15, 0.2) is 0 Å². The summed E-state index contributed by atoms with van der Waals surface area (Å²) in [5.41, 5.74) is 7.74. The SMILES string of the molecule is CC(C)(C)c1cc(CNc2ccc(NCc3cc(C(C)(C)C)c(O)c(C(C)(C)C)c3)cc2)cc(C(C)(C)C)c1O. The van der Waals surface area contributed by atoms with Crippen molar-refractivity contribution in [2.45, 2.75) is 118 Å². The molecular weight excluding hydrogens is 492 g/mol. The summed E-state index contributed by atoms with van der Waals surface area (Å²) in [6, 6.07) is 16.9. The van der Waals surface area contributed by atoms with Gasteiger partial charge in [-0.25, -0.2) is 0 Å². The minimum atomic E-state index is -0.147. The minimum absolute atomic E-state index is 0.147. The van der Waals surface area contributed by atoms with Gasteiger partial charge in [0.25, 0.3) is 0 Å². The molecule has 218 valence electrons. The van der Waals surface area contributed by atoms with Gasteiger partial charge in [0.05, 0.1) is 0 Å². The Morgan fingerprint density at radius 2 is 0.675 bits per heavy atom. The Balaban J connectivity index is 1.76. The minimum Gasteiger partial charge on any atom is -0.507 e. The average Bonchev–Trinajstić information content (AvgIpc) is 2.80. The van der Waals surface area contributed by atoms with E-state index in [2.05, 4.69) is 142 Å². The van der Waals surface area contributed by atoms with Crippen LogP contribution in [0.2, 0.25) is 0 Å². The van der Waals surface area contributed by atoms with Crippen LogP contribution in [0.25, 0.3) is 0 Å². The molecule has 0 atom stereocenters. The average molecular weight is 545 g/mol. The summed E-state index contributed by atoms with van der Waals surface area (Å²) in [5.74, 6) is 0.828. The van der Waals surface area contributed by atoms with Crippen LogP contribution in [0.15, 0.2) is 48.5 Å². The zero-order valence-electron chi connectivity index (χ0n) is 26.9. The first-order valence-electron chi connectivity index (χ1n) is 14.5. The van der Waals surface area contributed by atoms with Crippen LogP contribution in [0.4, 0.5) is 11.4 Å². The number of phenols is 2. The molecule has 4 N–H and O–H groups in total. The van der Waals surface area contributed by atoms with Crippen molar-refractivity contribution in [3.63, 3.8) is 0 Å². The first kappa shape index (κ1) is 31.4. The van der Waals surface area contributed by atoms with Gasteiger partial charge >= 0.3 is 0 Å². The highest BCUT2D eigenvalue weighted by Crippen LogP contribution is 2.41. The van der Waals surface area contributed by atoms with Crippen LogP contribution in [-0.4, -0.2) is 10.2 Å². The maximum Gasteiger partial charge on any atom is 0.123 e. The summed E-state index contributed by atoms with van der Waals surface area (Å²) in [4.78, 5) is 0. The number of nitrogens with one attached hydrogen (secondary N) is 2. The highest BCUT2D eigenvalue weighted by atomic mass is 16.3. The first-order chi connectivity index (χ1) is 18.2. The molecule has 4 heteroatoms. The predicted octanol–water partition coefficient (Wildman–Crippen LogP) is 9.51. The van der Waals surface area contributed by atoms with Gasteiger partial charge in [0, 0.05) is 24.5 Å². The van der Waals surface area contributed by atoms with Crippen molar-refractivity contribution in [3.05, 3.63) is 81.9 Å². The lowest BCUT2D eigenvalue weighted by molar-refractivity contribution is 0.422. The molecule has 0 aliphatic rings. The topological polar surface area (TPSA) is 64.5 Å². The van der Waals surface area contributed by atoms with Crippen molar-refractivity contribution in [2.75, 3.05) is 10.6 Å². The van der Waals surface area contributed by atoms with Gasteiger partial charge < -0.3 is 20.8 Å². The largest absolute Gasteiger partial charge is 0.507 e. The third-order valence-corrected chi connectivity index (χ3v) is 7.45. The van der Waals surface area contributed by atoms with Crippen molar-refractivity contribution in [2.24, 2.45) is 0 Å². The number of anilines is 2. The molecule has 4 nitrogen and oxygen atoms in total. The van der Waals surface area contributed by atoms with Crippen molar-refractivity contribution < 1.29 is 10.2 Å². The highest BCUT2D eigenvalue weighted by Gasteiger charge is 2.27. The standard InChI is InChI=1S/C36H52N2O2/c1-33(2,3)27-17-23(18-28(31(27)39)34(4,5)6)21-37-25-13-15-26(16-14-25)38-22-24-19-29(35(7,8)9)32(40)30(20-24)36(10,11)12/h13-20,37-40H,21-22H2,1-12H3. The number of aromatic hydroxyl groups is 2. The molecule has 0 saturated carbocycles. The number of hydrogen-bond acceptors (Lipinski definition) is 4. The summed E-state index contributed by atoms with van der Waals surface area (Å²) < 4.78 is 0. The fraction of sp³-hybridized carbons (Fsp3) is 0.500. The maximum absolute atomic E-state index is 11.0. The molecule has 0 aliphatic carbocycles. The molecule has 0 aliphatic heterocycles. The molecule has 0 fully saturated rings. The summed E-state index contributed by atoms with van der Waals surface area (Å²) >= 11 is 0.